The van der Waals surface area contributed by atoms with Crippen LogP contribution in [0.5, 0.6) is 5.75 Å². The topological polar surface area (TPSA) is 93.0 Å². The van der Waals surface area contributed by atoms with E-state index in [2.05, 4.69) is 15.3 Å². The fourth-order valence-electron chi connectivity index (χ4n) is 1.96. The molecule has 1 heterocycles. The molecular formula is C14H18N4O2. The van der Waals surface area contributed by atoms with E-state index < -0.39 is 0 Å². The van der Waals surface area contributed by atoms with Gasteiger partial charge in [0.25, 0.3) is 5.56 Å². The second kappa shape index (κ2) is 6.72. The number of hydrogen-bond donors (Lipinski definition) is 3. The lowest BCUT2D eigenvalue weighted by Crippen LogP contribution is -2.32. The van der Waals surface area contributed by atoms with Crippen LogP contribution in [0.2, 0.25) is 0 Å². The smallest absolute Gasteiger partial charge is 0.295 e. The van der Waals surface area contributed by atoms with E-state index in [1.807, 2.05) is 30.3 Å². The highest BCUT2D eigenvalue weighted by Crippen LogP contribution is 2.16. The van der Waals surface area contributed by atoms with Crippen molar-refractivity contribution in [3.8, 4) is 5.75 Å². The maximum absolute atomic E-state index is 11.6. The Morgan fingerprint density at radius 2 is 2.15 bits per heavy atom. The molecule has 0 amide bonds. The number of ether oxygens (including phenoxy) is 1. The predicted molar refractivity (Wildman–Crippen MR) is 78.0 cm³/mol. The lowest BCUT2D eigenvalue weighted by Gasteiger charge is -2.18. The molecule has 4 N–H and O–H groups in total. The third-order valence-corrected chi connectivity index (χ3v) is 2.97. The molecule has 1 atom stereocenters. The number of methoxy groups -OCH3 is 1. The lowest BCUT2D eigenvalue weighted by atomic mass is 10.1. The number of nitrogens with one attached hydrogen (secondary N) is 2. The van der Waals surface area contributed by atoms with Gasteiger partial charge in [0, 0.05) is 12.6 Å². The second-order valence-corrected chi connectivity index (χ2v) is 4.38. The summed E-state index contributed by atoms with van der Waals surface area (Å²) in [5, 5.41) is 3.16. The Labute approximate surface area is 117 Å². The van der Waals surface area contributed by atoms with Crippen LogP contribution in [0.15, 0.2) is 41.5 Å². The molecule has 106 valence electrons. The highest BCUT2D eigenvalue weighted by molar-refractivity contribution is 5.48. The molecule has 1 aromatic carbocycles. The molecule has 0 aliphatic rings. The molecule has 0 fully saturated rings. The Hall–Kier alpha value is -2.34. The van der Waals surface area contributed by atoms with E-state index in [1.165, 1.54) is 19.0 Å². The first kappa shape index (κ1) is 14.1. The maximum atomic E-state index is 11.6. The number of aromatic amines is 1. The van der Waals surface area contributed by atoms with E-state index >= 15 is 0 Å². The number of aromatic nitrogens is 2. The number of nitrogens with zero attached hydrogens (tertiary/aromatic N) is 1. The average Bonchev–Trinajstić information content (AvgIpc) is 2.48. The SMILES string of the molecule is COc1c(NC(CN)Cc2ccccc2)nc[nH]c1=O. The highest BCUT2D eigenvalue weighted by atomic mass is 16.5. The first-order valence-corrected chi connectivity index (χ1v) is 6.36. The summed E-state index contributed by atoms with van der Waals surface area (Å²) < 4.78 is 5.06. The number of rotatable bonds is 6. The Morgan fingerprint density at radius 1 is 1.40 bits per heavy atom. The van der Waals surface area contributed by atoms with Crippen LogP contribution in [0.1, 0.15) is 5.56 Å². The number of hydrogen-bond acceptors (Lipinski definition) is 5. The van der Waals surface area contributed by atoms with Crippen molar-refractivity contribution in [1.82, 2.24) is 9.97 Å². The van der Waals surface area contributed by atoms with E-state index in [-0.39, 0.29) is 17.4 Å². The first-order valence-electron chi connectivity index (χ1n) is 6.36. The standard InChI is InChI=1S/C14H18N4O2/c1-20-12-13(16-9-17-14(12)19)18-11(8-15)7-10-5-3-2-4-6-10/h2-6,9,11H,7-8,15H2,1H3,(H2,16,17,18,19). The molecule has 0 bridgehead atoms. The van der Waals surface area contributed by atoms with Gasteiger partial charge in [0.1, 0.15) is 0 Å². The molecule has 0 aliphatic heterocycles. The zero-order chi connectivity index (χ0) is 14.4. The minimum absolute atomic E-state index is 0.0272. The molecule has 2 rings (SSSR count). The molecule has 0 radical (unpaired) electrons. The van der Waals surface area contributed by atoms with Crippen LogP contribution >= 0.6 is 0 Å². The van der Waals surface area contributed by atoms with Gasteiger partial charge in [-0.3, -0.25) is 4.79 Å². The Kier molecular flexibility index (Phi) is 4.73. The monoisotopic (exact) mass is 274 g/mol. The van der Waals surface area contributed by atoms with Gasteiger partial charge < -0.3 is 20.8 Å². The summed E-state index contributed by atoms with van der Waals surface area (Å²) in [4.78, 5) is 18.2. The van der Waals surface area contributed by atoms with Gasteiger partial charge in [-0.1, -0.05) is 30.3 Å². The average molecular weight is 274 g/mol. The maximum Gasteiger partial charge on any atom is 0.295 e. The third kappa shape index (κ3) is 3.36. The molecule has 0 aliphatic carbocycles. The molecule has 0 spiro atoms. The zero-order valence-corrected chi connectivity index (χ0v) is 11.3. The molecule has 0 saturated carbocycles. The molecule has 1 unspecified atom stereocenters. The van der Waals surface area contributed by atoms with Crippen LogP contribution in [0, 0.1) is 0 Å². The van der Waals surface area contributed by atoms with E-state index in [4.69, 9.17) is 10.5 Å². The Bertz CT molecular complexity index is 598. The minimum atomic E-state index is -0.319. The summed E-state index contributed by atoms with van der Waals surface area (Å²) in [7, 11) is 1.44. The van der Waals surface area contributed by atoms with Gasteiger partial charge in [-0.2, -0.15) is 0 Å². The van der Waals surface area contributed by atoms with Crippen molar-refractivity contribution in [3.63, 3.8) is 0 Å². The summed E-state index contributed by atoms with van der Waals surface area (Å²) in [6, 6.07) is 9.97. The van der Waals surface area contributed by atoms with Crippen molar-refractivity contribution in [2.45, 2.75) is 12.5 Å². The van der Waals surface area contributed by atoms with Crippen molar-refractivity contribution < 1.29 is 4.74 Å². The molecule has 1 aromatic heterocycles. The van der Waals surface area contributed by atoms with E-state index in [9.17, 15) is 4.79 Å². The van der Waals surface area contributed by atoms with Crippen LogP contribution in [-0.4, -0.2) is 29.7 Å². The number of benzene rings is 1. The highest BCUT2D eigenvalue weighted by Gasteiger charge is 2.14. The molecule has 6 heteroatoms. The van der Waals surface area contributed by atoms with Crippen molar-refractivity contribution in [2.75, 3.05) is 19.0 Å². The van der Waals surface area contributed by atoms with Gasteiger partial charge in [0.05, 0.1) is 13.4 Å². The molecule has 20 heavy (non-hydrogen) atoms. The molecule has 0 saturated heterocycles. The van der Waals surface area contributed by atoms with Gasteiger partial charge in [0.15, 0.2) is 5.82 Å². The van der Waals surface area contributed by atoms with Gasteiger partial charge in [-0.15, -0.1) is 0 Å². The minimum Gasteiger partial charge on any atom is -0.489 e. The molecule has 6 nitrogen and oxygen atoms in total. The van der Waals surface area contributed by atoms with Gasteiger partial charge >= 0.3 is 0 Å². The van der Waals surface area contributed by atoms with Gasteiger partial charge in [0.2, 0.25) is 5.75 Å². The zero-order valence-electron chi connectivity index (χ0n) is 11.3. The Morgan fingerprint density at radius 3 is 2.80 bits per heavy atom. The Balaban J connectivity index is 2.15. The van der Waals surface area contributed by atoms with Crippen LogP contribution in [-0.2, 0) is 6.42 Å². The van der Waals surface area contributed by atoms with E-state index in [0.29, 0.717) is 12.4 Å². The first-order chi connectivity index (χ1) is 9.74. The van der Waals surface area contributed by atoms with Crippen LogP contribution < -0.4 is 21.3 Å². The number of nitrogens with two attached hydrogens (primary N) is 1. The van der Waals surface area contributed by atoms with Crippen LogP contribution in [0.25, 0.3) is 0 Å². The summed E-state index contributed by atoms with van der Waals surface area (Å²) in [5.41, 5.74) is 6.63. The summed E-state index contributed by atoms with van der Waals surface area (Å²) in [6.07, 6.45) is 2.08. The summed E-state index contributed by atoms with van der Waals surface area (Å²) in [6.45, 7) is 0.423. The normalized spacial score (nSPS) is 11.9. The fraction of sp³-hybridized carbons (Fsp3) is 0.286. The number of H-pyrrole nitrogens is 1. The van der Waals surface area contributed by atoms with Gasteiger partial charge in [-0.25, -0.2) is 4.98 Å². The second-order valence-electron chi connectivity index (χ2n) is 4.38. The van der Waals surface area contributed by atoms with Gasteiger partial charge in [-0.05, 0) is 12.0 Å². The fourth-order valence-corrected chi connectivity index (χ4v) is 1.96. The molecular weight excluding hydrogens is 256 g/mol. The largest absolute Gasteiger partial charge is 0.489 e. The third-order valence-electron chi connectivity index (χ3n) is 2.97. The summed E-state index contributed by atoms with van der Waals surface area (Å²) >= 11 is 0. The molecule has 2 aromatic rings. The van der Waals surface area contributed by atoms with Crippen LogP contribution in [0.3, 0.4) is 0 Å². The number of anilines is 1. The van der Waals surface area contributed by atoms with E-state index in [0.717, 1.165) is 6.42 Å². The van der Waals surface area contributed by atoms with Crippen molar-refractivity contribution >= 4 is 5.82 Å². The van der Waals surface area contributed by atoms with Crippen LogP contribution in [0.4, 0.5) is 5.82 Å². The van der Waals surface area contributed by atoms with E-state index in [1.54, 1.807) is 0 Å². The van der Waals surface area contributed by atoms with Crippen molar-refractivity contribution in [3.05, 3.63) is 52.6 Å². The summed E-state index contributed by atoms with van der Waals surface area (Å²) in [5.74, 6) is 0.571. The predicted octanol–water partition coefficient (Wildman–Crippen LogP) is 0.760. The van der Waals surface area contributed by atoms with Crippen molar-refractivity contribution in [2.24, 2.45) is 5.73 Å². The van der Waals surface area contributed by atoms with Crippen molar-refractivity contribution in [1.29, 1.82) is 0 Å². The quantitative estimate of drug-likeness (QED) is 0.723. The lowest BCUT2D eigenvalue weighted by molar-refractivity contribution is 0.407.